The van der Waals surface area contributed by atoms with Gasteiger partial charge in [-0.1, -0.05) is 13.8 Å². The van der Waals surface area contributed by atoms with E-state index in [-0.39, 0.29) is 29.3 Å². The van der Waals surface area contributed by atoms with E-state index in [1.54, 1.807) is 12.1 Å². The normalized spacial score (nSPS) is 12.5. The molecule has 0 aromatic heterocycles. The average molecular weight is 392 g/mol. The molecule has 1 amide bonds. The molecule has 0 saturated heterocycles. The SMILES string of the molecule is CCCN(CCC)S(=O)(=O)c1ccc(C(=O)NCCC(C)N)cc1.Cl. The smallest absolute Gasteiger partial charge is 0.251 e. The number of benzene rings is 1. The van der Waals surface area contributed by atoms with E-state index < -0.39 is 10.0 Å². The van der Waals surface area contributed by atoms with Crippen molar-refractivity contribution in [3.63, 3.8) is 0 Å². The summed E-state index contributed by atoms with van der Waals surface area (Å²) in [5.74, 6) is -0.224. The lowest BCUT2D eigenvalue weighted by Gasteiger charge is -2.21. The van der Waals surface area contributed by atoms with Crippen molar-refractivity contribution in [3.8, 4) is 0 Å². The Morgan fingerprint density at radius 3 is 2.12 bits per heavy atom. The predicted octanol–water partition coefficient (Wildman–Crippen LogP) is 2.39. The summed E-state index contributed by atoms with van der Waals surface area (Å²) in [6.45, 7) is 7.27. The summed E-state index contributed by atoms with van der Waals surface area (Å²) in [5.41, 5.74) is 6.08. The van der Waals surface area contributed by atoms with E-state index in [9.17, 15) is 13.2 Å². The van der Waals surface area contributed by atoms with Gasteiger partial charge in [0.2, 0.25) is 10.0 Å². The topological polar surface area (TPSA) is 92.5 Å². The minimum absolute atomic E-state index is 0. The third-order valence-corrected chi connectivity index (χ3v) is 5.50. The highest BCUT2D eigenvalue weighted by molar-refractivity contribution is 7.89. The zero-order valence-corrected chi connectivity index (χ0v) is 16.8. The number of hydrogen-bond acceptors (Lipinski definition) is 4. The molecule has 1 rings (SSSR count). The van der Waals surface area contributed by atoms with Crippen molar-refractivity contribution in [2.75, 3.05) is 19.6 Å². The fraction of sp³-hybridized carbons (Fsp3) is 0.588. The van der Waals surface area contributed by atoms with Gasteiger partial charge in [0, 0.05) is 31.2 Å². The minimum Gasteiger partial charge on any atom is -0.352 e. The zero-order valence-electron chi connectivity index (χ0n) is 15.2. The van der Waals surface area contributed by atoms with Crippen molar-refractivity contribution in [3.05, 3.63) is 29.8 Å². The third-order valence-electron chi connectivity index (χ3n) is 3.59. The lowest BCUT2D eigenvalue weighted by molar-refractivity contribution is 0.0952. The molecule has 0 saturated carbocycles. The Kier molecular flexibility index (Phi) is 10.9. The maximum absolute atomic E-state index is 12.7. The Morgan fingerprint density at radius 1 is 1.16 bits per heavy atom. The van der Waals surface area contributed by atoms with Crippen molar-refractivity contribution in [2.45, 2.75) is 51.0 Å². The number of nitrogens with one attached hydrogen (secondary N) is 1. The number of rotatable bonds is 10. The first-order valence-electron chi connectivity index (χ1n) is 8.46. The van der Waals surface area contributed by atoms with Gasteiger partial charge in [0.05, 0.1) is 4.90 Å². The van der Waals surface area contributed by atoms with Crippen LogP contribution < -0.4 is 11.1 Å². The van der Waals surface area contributed by atoms with Crippen LogP contribution >= 0.6 is 12.4 Å². The molecule has 0 aliphatic carbocycles. The fourth-order valence-electron chi connectivity index (χ4n) is 2.29. The lowest BCUT2D eigenvalue weighted by atomic mass is 10.2. The maximum atomic E-state index is 12.7. The van der Waals surface area contributed by atoms with Gasteiger partial charge in [-0.15, -0.1) is 12.4 Å². The van der Waals surface area contributed by atoms with Crippen LogP contribution in [0, 0.1) is 0 Å². The van der Waals surface area contributed by atoms with E-state index in [1.165, 1.54) is 16.4 Å². The van der Waals surface area contributed by atoms with E-state index in [1.807, 2.05) is 20.8 Å². The summed E-state index contributed by atoms with van der Waals surface area (Å²) in [7, 11) is -3.51. The molecule has 0 aliphatic heterocycles. The molecule has 0 bridgehead atoms. The van der Waals surface area contributed by atoms with Gasteiger partial charge in [0.15, 0.2) is 0 Å². The van der Waals surface area contributed by atoms with E-state index >= 15 is 0 Å². The van der Waals surface area contributed by atoms with Crippen LogP contribution in [-0.2, 0) is 10.0 Å². The van der Waals surface area contributed by atoms with Crippen LogP contribution in [-0.4, -0.2) is 44.3 Å². The highest BCUT2D eigenvalue weighted by Crippen LogP contribution is 2.17. The van der Waals surface area contributed by atoms with Crippen LogP contribution in [0.25, 0.3) is 0 Å². The van der Waals surface area contributed by atoms with Crippen LogP contribution in [0.1, 0.15) is 50.4 Å². The number of sulfonamides is 1. The predicted molar refractivity (Wildman–Crippen MR) is 104 cm³/mol. The first kappa shape index (κ1) is 23.9. The van der Waals surface area contributed by atoms with Crippen LogP contribution in [0.15, 0.2) is 29.2 Å². The molecule has 1 aromatic carbocycles. The summed E-state index contributed by atoms with van der Waals surface area (Å²) in [6.07, 6.45) is 2.22. The Labute approximate surface area is 157 Å². The number of amides is 1. The average Bonchev–Trinajstić information content (AvgIpc) is 2.54. The molecule has 3 N–H and O–H groups in total. The number of nitrogens with zero attached hydrogens (tertiary/aromatic N) is 1. The highest BCUT2D eigenvalue weighted by atomic mass is 35.5. The van der Waals surface area contributed by atoms with E-state index in [0.717, 1.165) is 12.8 Å². The van der Waals surface area contributed by atoms with Gasteiger partial charge in [-0.2, -0.15) is 4.31 Å². The van der Waals surface area contributed by atoms with E-state index in [0.29, 0.717) is 31.6 Å². The second-order valence-electron chi connectivity index (χ2n) is 5.95. The Bertz CT molecular complexity index is 613. The van der Waals surface area contributed by atoms with E-state index in [4.69, 9.17) is 5.73 Å². The lowest BCUT2D eigenvalue weighted by Crippen LogP contribution is -2.32. The zero-order chi connectivity index (χ0) is 18.2. The first-order chi connectivity index (χ1) is 11.3. The van der Waals surface area contributed by atoms with Crippen molar-refractivity contribution in [1.82, 2.24) is 9.62 Å². The van der Waals surface area contributed by atoms with Crippen molar-refractivity contribution < 1.29 is 13.2 Å². The summed E-state index contributed by atoms with van der Waals surface area (Å²) in [4.78, 5) is 12.2. The molecule has 0 radical (unpaired) electrons. The number of halogens is 1. The molecule has 6 nitrogen and oxygen atoms in total. The Morgan fingerprint density at radius 2 is 1.68 bits per heavy atom. The molecule has 8 heteroatoms. The van der Waals surface area contributed by atoms with Crippen molar-refractivity contribution in [2.24, 2.45) is 5.73 Å². The van der Waals surface area contributed by atoms with Gasteiger partial charge in [-0.3, -0.25) is 4.79 Å². The third kappa shape index (κ3) is 7.32. The van der Waals surface area contributed by atoms with Crippen molar-refractivity contribution in [1.29, 1.82) is 0 Å². The van der Waals surface area contributed by atoms with Gasteiger partial charge in [0.25, 0.3) is 5.91 Å². The van der Waals surface area contributed by atoms with Gasteiger partial charge in [-0.25, -0.2) is 8.42 Å². The molecule has 1 unspecified atom stereocenters. The first-order valence-corrected chi connectivity index (χ1v) is 9.90. The largest absolute Gasteiger partial charge is 0.352 e. The van der Waals surface area contributed by atoms with Gasteiger partial charge in [0.1, 0.15) is 0 Å². The summed E-state index contributed by atoms with van der Waals surface area (Å²) < 4.78 is 26.8. The fourth-order valence-corrected chi connectivity index (χ4v) is 3.92. The molecule has 0 aliphatic rings. The molecule has 144 valence electrons. The molecule has 25 heavy (non-hydrogen) atoms. The Hall–Kier alpha value is -1.15. The molecule has 0 spiro atoms. The molecule has 1 aromatic rings. The van der Waals surface area contributed by atoms with Gasteiger partial charge < -0.3 is 11.1 Å². The molecular weight excluding hydrogens is 362 g/mol. The van der Waals surface area contributed by atoms with Crippen LogP contribution in [0.5, 0.6) is 0 Å². The molecule has 0 fully saturated rings. The highest BCUT2D eigenvalue weighted by Gasteiger charge is 2.23. The maximum Gasteiger partial charge on any atom is 0.251 e. The monoisotopic (exact) mass is 391 g/mol. The molecule has 1 atom stereocenters. The standard InChI is InChI=1S/C17H29N3O3S.ClH/c1-4-12-20(13-5-2)24(22,23)16-8-6-15(7-9-16)17(21)19-11-10-14(3)18;/h6-9,14H,4-5,10-13,18H2,1-3H3,(H,19,21);1H. The summed E-state index contributed by atoms with van der Waals surface area (Å²) in [5, 5.41) is 2.77. The second kappa shape index (κ2) is 11.5. The molecule has 0 heterocycles. The Balaban J connectivity index is 0.00000576. The number of hydrogen-bond donors (Lipinski definition) is 2. The summed E-state index contributed by atoms with van der Waals surface area (Å²) in [6, 6.07) is 6.11. The number of carbonyl (C=O) groups is 1. The van der Waals surface area contributed by atoms with Crippen LogP contribution in [0.2, 0.25) is 0 Å². The summed E-state index contributed by atoms with van der Waals surface area (Å²) >= 11 is 0. The number of nitrogens with two attached hydrogens (primary N) is 1. The second-order valence-corrected chi connectivity index (χ2v) is 7.89. The van der Waals surface area contributed by atoms with Gasteiger partial charge in [-0.05, 0) is 50.5 Å². The van der Waals surface area contributed by atoms with Crippen molar-refractivity contribution >= 4 is 28.3 Å². The quantitative estimate of drug-likeness (QED) is 0.640. The molecular formula is C17H30ClN3O3S. The van der Waals surface area contributed by atoms with Crippen LogP contribution in [0.4, 0.5) is 0 Å². The number of carbonyl (C=O) groups excluding carboxylic acids is 1. The van der Waals surface area contributed by atoms with Gasteiger partial charge >= 0.3 is 0 Å². The van der Waals surface area contributed by atoms with Crippen LogP contribution in [0.3, 0.4) is 0 Å². The van der Waals surface area contributed by atoms with E-state index in [2.05, 4.69) is 5.32 Å². The minimum atomic E-state index is -3.51.